The average Bonchev–Trinajstić information content (AvgIpc) is 2.38. The van der Waals surface area contributed by atoms with E-state index in [1.165, 1.54) is 11.1 Å². The molecule has 0 aliphatic heterocycles. The summed E-state index contributed by atoms with van der Waals surface area (Å²) in [7, 11) is 0. The van der Waals surface area contributed by atoms with Crippen LogP contribution in [-0.4, -0.2) is 0 Å². The standard InChI is InChI=1S/C15H15Br/c16-15(14-9-5-2-6-10-14)12-11-13-7-3-1-4-8-13/h1-10,15H,11-12H2/t15-/m1/s1. The molecule has 0 saturated heterocycles. The largest absolute Gasteiger partial charge is 0.0839 e. The maximum atomic E-state index is 3.74. The minimum absolute atomic E-state index is 0.453. The van der Waals surface area contributed by atoms with Crippen LogP contribution in [0.5, 0.6) is 0 Å². The number of halogens is 1. The van der Waals surface area contributed by atoms with Crippen molar-refractivity contribution in [2.45, 2.75) is 17.7 Å². The van der Waals surface area contributed by atoms with E-state index in [9.17, 15) is 0 Å². The number of hydrogen-bond donors (Lipinski definition) is 0. The van der Waals surface area contributed by atoms with E-state index in [2.05, 4.69) is 76.6 Å². The molecule has 2 aromatic rings. The first kappa shape index (κ1) is 11.4. The predicted octanol–water partition coefficient (Wildman–Crippen LogP) is 4.76. The van der Waals surface area contributed by atoms with Crippen molar-refractivity contribution in [3.63, 3.8) is 0 Å². The van der Waals surface area contributed by atoms with E-state index < -0.39 is 0 Å². The Hall–Kier alpha value is -1.08. The predicted molar refractivity (Wildman–Crippen MR) is 72.9 cm³/mol. The van der Waals surface area contributed by atoms with Gasteiger partial charge in [0.15, 0.2) is 0 Å². The summed E-state index contributed by atoms with van der Waals surface area (Å²) < 4.78 is 0. The number of rotatable bonds is 4. The van der Waals surface area contributed by atoms with Crippen LogP contribution in [0.3, 0.4) is 0 Å². The minimum Gasteiger partial charge on any atom is -0.0839 e. The molecule has 1 heteroatoms. The normalized spacial score (nSPS) is 12.3. The molecular weight excluding hydrogens is 260 g/mol. The lowest BCUT2D eigenvalue weighted by Gasteiger charge is -2.09. The third-order valence-electron chi connectivity index (χ3n) is 2.69. The summed E-state index contributed by atoms with van der Waals surface area (Å²) in [6.45, 7) is 0. The summed E-state index contributed by atoms with van der Waals surface area (Å²) >= 11 is 3.74. The van der Waals surface area contributed by atoms with Crippen LogP contribution in [0.4, 0.5) is 0 Å². The Morgan fingerprint density at radius 1 is 0.812 bits per heavy atom. The highest BCUT2D eigenvalue weighted by atomic mass is 79.9. The Labute approximate surface area is 105 Å². The van der Waals surface area contributed by atoms with Crippen molar-refractivity contribution >= 4 is 15.9 Å². The lowest BCUT2D eigenvalue weighted by Crippen LogP contribution is -1.93. The van der Waals surface area contributed by atoms with Gasteiger partial charge in [0.2, 0.25) is 0 Å². The molecule has 0 unspecified atom stereocenters. The van der Waals surface area contributed by atoms with Crippen molar-refractivity contribution in [1.82, 2.24) is 0 Å². The van der Waals surface area contributed by atoms with Gasteiger partial charge in [0.25, 0.3) is 0 Å². The van der Waals surface area contributed by atoms with Crippen LogP contribution in [0.2, 0.25) is 0 Å². The monoisotopic (exact) mass is 274 g/mol. The van der Waals surface area contributed by atoms with Gasteiger partial charge in [-0.2, -0.15) is 0 Å². The zero-order chi connectivity index (χ0) is 11.2. The minimum atomic E-state index is 0.453. The van der Waals surface area contributed by atoms with Crippen LogP contribution in [0.15, 0.2) is 60.7 Å². The summed E-state index contributed by atoms with van der Waals surface area (Å²) in [6.07, 6.45) is 2.25. The first-order valence-electron chi connectivity index (χ1n) is 5.59. The van der Waals surface area contributed by atoms with Gasteiger partial charge in [-0.1, -0.05) is 76.6 Å². The van der Waals surface area contributed by atoms with Crippen molar-refractivity contribution < 1.29 is 0 Å². The Balaban J connectivity index is 1.92. The molecule has 2 rings (SSSR count). The quantitative estimate of drug-likeness (QED) is 0.706. The molecule has 1 atom stereocenters. The second-order valence-electron chi connectivity index (χ2n) is 3.90. The molecule has 0 aliphatic carbocycles. The number of alkyl halides is 1. The van der Waals surface area contributed by atoms with Gasteiger partial charge in [0.1, 0.15) is 0 Å². The van der Waals surface area contributed by atoms with Gasteiger partial charge in [-0.3, -0.25) is 0 Å². The summed E-state index contributed by atoms with van der Waals surface area (Å²) in [5.74, 6) is 0. The van der Waals surface area contributed by atoms with Crippen LogP contribution in [-0.2, 0) is 6.42 Å². The fraction of sp³-hybridized carbons (Fsp3) is 0.200. The maximum absolute atomic E-state index is 3.74. The van der Waals surface area contributed by atoms with E-state index in [0.29, 0.717) is 4.83 Å². The molecule has 16 heavy (non-hydrogen) atoms. The molecule has 0 fully saturated rings. The maximum Gasteiger partial charge on any atom is 0.0398 e. The Morgan fingerprint density at radius 2 is 1.38 bits per heavy atom. The van der Waals surface area contributed by atoms with Crippen molar-refractivity contribution in [3.05, 3.63) is 71.8 Å². The molecule has 0 bridgehead atoms. The van der Waals surface area contributed by atoms with Gasteiger partial charge in [-0.25, -0.2) is 0 Å². The molecular formula is C15H15Br. The van der Waals surface area contributed by atoms with E-state index in [0.717, 1.165) is 12.8 Å². The molecule has 0 aromatic heterocycles. The van der Waals surface area contributed by atoms with Crippen molar-refractivity contribution in [3.8, 4) is 0 Å². The molecule has 0 aliphatic rings. The number of aryl methyl sites for hydroxylation is 1. The fourth-order valence-corrected chi connectivity index (χ4v) is 2.30. The first-order valence-corrected chi connectivity index (χ1v) is 6.51. The molecule has 0 heterocycles. The van der Waals surface area contributed by atoms with Gasteiger partial charge in [-0.05, 0) is 24.0 Å². The molecule has 82 valence electrons. The van der Waals surface area contributed by atoms with Crippen LogP contribution in [0.25, 0.3) is 0 Å². The molecule has 0 radical (unpaired) electrons. The average molecular weight is 275 g/mol. The van der Waals surface area contributed by atoms with E-state index in [-0.39, 0.29) is 0 Å². The van der Waals surface area contributed by atoms with E-state index in [1.807, 2.05) is 0 Å². The van der Waals surface area contributed by atoms with Gasteiger partial charge in [0, 0.05) is 4.83 Å². The van der Waals surface area contributed by atoms with Crippen LogP contribution in [0, 0.1) is 0 Å². The van der Waals surface area contributed by atoms with Crippen molar-refractivity contribution in [2.24, 2.45) is 0 Å². The lowest BCUT2D eigenvalue weighted by molar-refractivity contribution is 0.813. The molecule has 0 amide bonds. The zero-order valence-corrected chi connectivity index (χ0v) is 10.7. The van der Waals surface area contributed by atoms with Crippen molar-refractivity contribution in [2.75, 3.05) is 0 Å². The third kappa shape index (κ3) is 3.21. The summed E-state index contributed by atoms with van der Waals surface area (Å²) in [5, 5.41) is 0. The topological polar surface area (TPSA) is 0 Å². The van der Waals surface area contributed by atoms with Gasteiger partial charge >= 0.3 is 0 Å². The fourth-order valence-electron chi connectivity index (χ4n) is 1.77. The van der Waals surface area contributed by atoms with Crippen molar-refractivity contribution in [1.29, 1.82) is 0 Å². The van der Waals surface area contributed by atoms with Gasteiger partial charge in [-0.15, -0.1) is 0 Å². The van der Waals surface area contributed by atoms with Crippen LogP contribution >= 0.6 is 15.9 Å². The highest BCUT2D eigenvalue weighted by Gasteiger charge is 2.06. The van der Waals surface area contributed by atoms with E-state index in [1.54, 1.807) is 0 Å². The SMILES string of the molecule is Br[C@H](CCc1ccccc1)c1ccccc1. The van der Waals surface area contributed by atoms with E-state index >= 15 is 0 Å². The summed E-state index contributed by atoms with van der Waals surface area (Å²) in [6, 6.07) is 21.2. The second-order valence-corrected chi connectivity index (χ2v) is 5.01. The number of benzene rings is 2. The smallest absolute Gasteiger partial charge is 0.0398 e. The second kappa shape index (κ2) is 5.86. The highest BCUT2D eigenvalue weighted by molar-refractivity contribution is 9.09. The molecule has 0 saturated carbocycles. The molecule has 0 N–H and O–H groups in total. The molecule has 0 spiro atoms. The summed E-state index contributed by atoms with van der Waals surface area (Å²) in [5.41, 5.74) is 2.77. The Kier molecular flexibility index (Phi) is 4.17. The van der Waals surface area contributed by atoms with Gasteiger partial charge in [0.05, 0.1) is 0 Å². The van der Waals surface area contributed by atoms with Gasteiger partial charge < -0.3 is 0 Å². The van der Waals surface area contributed by atoms with Crippen LogP contribution in [0.1, 0.15) is 22.4 Å². The Morgan fingerprint density at radius 3 is 2.00 bits per heavy atom. The molecule has 2 aromatic carbocycles. The first-order chi connectivity index (χ1) is 7.86. The lowest BCUT2D eigenvalue weighted by atomic mass is 10.0. The van der Waals surface area contributed by atoms with E-state index in [4.69, 9.17) is 0 Å². The summed E-state index contributed by atoms with van der Waals surface area (Å²) in [4.78, 5) is 0.453. The highest BCUT2D eigenvalue weighted by Crippen LogP contribution is 2.27. The number of hydrogen-bond acceptors (Lipinski definition) is 0. The molecule has 0 nitrogen and oxygen atoms in total. The Bertz CT molecular complexity index is 408. The zero-order valence-electron chi connectivity index (χ0n) is 9.14. The third-order valence-corrected chi connectivity index (χ3v) is 3.68. The van der Waals surface area contributed by atoms with Crippen LogP contribution < -0.4 is 0 Å².